The van der Waals surface area contributed by atoms with Gasteiger partial charge in [-0.05, 0) is 12.1 Å². The number of hydrogen-bond acceptors (Lipinski definition) is 3. The van der Waals surface area contributed by atoms with Crippen molar-refractivity contribution in [3.63, 3.8) is 0 Å². The summed E-state index contributed by atoms with van der Waals surface area (Å²) in [5.41, 5.74) is 9.75. The SMILES string of the molecule is N#Cc1cc(F)cc(C(N)N)c1F. The average Bonchev–Trinajstić information content (AvgIpc) is 2.08. The molecular formula is C8H7F2N3. The summed E-state index contributed by atoms with van der Waals surface area (Å²) in [5, 5.41) is 8.41. The van der Waals surface area contributed by atoms with Gasteiger partial charge >= 0.3 is 0 Å². The normalized spacial score (nSPS) is 10.2. The van der Waals surface area contributed by atoms with Crippen molar-refractivity contribution in [2.45, 2.75) is 6.17 Å². The van der Waals surface area contributed by atoms with Gasteiger partial charge in [-0.1, -0.05) is 0 Å². The molecule has 0 fully saturated rings. The fourth-order valence-corrected chi connectivity index (χ4v) is 0.934. The minimum Gasteiger partial charge on any atom is -0.312 e. The van der Waals surface area contributed by atoms with E-state index in [2.05, 4.69) is 0 Å². The van der Waals surface area contributed by atoms with Gasteiger partial charge < -0.3 is 11.5 Å². The standard InChI is InChI=1S/C8H7F2N3/c9-5-1-4(3-11)7(10)6(2-5)8(12)13/h1-2,8H,12-13H2. The molecule has 4 N–H and O–H groups in total. The number of nitriles is 1. The molecule has 1 aromatic rings. The quantitative estimate of drug-likeness (QED) is 0.631. The highest BCUT2D eigenvalue weighted by Crippen LogP contribution is 2.17. The zero-order valence-electron chi connectivity index (χ0n) is 6.59. The van der Waals surface area contributed by atoms with Gasteiger partial charge in [-0.3, -0.25) is 0 Å². The molecule has 1 rings (SSSR count). The highest BCUT2D eigenvalue weighted by Gasteiger charge is 2.13. The molecule has 13 heavy (non-hydrogen) atoms. The summed E-state index contributed by atoms with van der Waals surface area (Å²) in [6, 6.07) is 3.17. The molecule has 1 aromatic carbocycles. The summed E-state index contributed by atoms with van der Waals surface area (Å²) >= 11 is 0. The maximum atomic E-state index is 13.2. The van der Waals surface area contributed by atoms with Gasteiger partial charge in [-0.2, -0.15) is 5.26 Å². The predicted octanol–water partition coefficient (Wildman–Crippen LogP) is 0.752. The lowest BCUT2D eigenvalue weighted by Gasteiger charge is -2.07. The first-order valence-electron chi connectivity index (χ1n) is 3.46. The zero-order valence-corrected chi connectivity index (χ0v) is 6.59. The Hall–Kier alpha value is -1.51. The number of halogens is 2. The number of nitrogens with two attached hydrogens (primary N) is 2. The lowest BCUT2D eigenvalue weighted by Crippen LogP contribution is -2.22. The molecule has 0 aliphatic rings. The largest absolute Gasteiger partial charge is 0.312 e. The third-order valence-electron chi connectivity index (χ3n) is 1.55. The molecule has 0 aliphatic heterocycles. The number of hydrogen-bond donors (Lipinski definition) is 2. The van der Waals surface area contributed by atoms with Gasteiger partial charge in [-0.25, -0.2) is 8.78 Å². The van der Waals surface area contributed by atoms with E-state index in [0.717, 1.165) is 12.1 Å². The lowest BCUT2D eigenvalue weighted by molar-refractivity contribution is 0.564. The van der Waals surface area contributed by atoms with Gasteiger partial charge in [0.1, 0.15) is 17.7 Å². The fraction of sp³-hybridized carbons (Fsp3) is 0.125. The van der Waals surface area contributed by atoms with Crippen LogP contribution in [0.25, 0.3) is 0 Å². The van der Waals surface area contributed by atoms with Crippen LogP contribution in [0.2, 0.25) is 0 Å². The fourth-order valence-electron chi connectivity index (χ4n) is 0.934. The van der Waals surface area contributed by atoms with Crippen molar-refractivity contribution in [1.29, 1.82) is 5.26 Å². The van der Waals surface area contributed by atoms with Crippen LogP contribution in [-0.4, -0.2) is 0 Å². The van der Waals surface area contributed by atoms with Crippen LogP contribution in [0.15, 0.2) is 12.1 Å². The molecule has 0 unspecified atom stereocenters. The van der Waals surface area contributed by atoms with Crippen molar-refractivity contribution >= 4 is 0 Å². The first kappa shape index (κ1) is 9.58. The van der Waals surface area contributed by atoms with E-state index in [0.29, 0.717) is 0 Å². The van der Waals surface area contributed by atoms with Crippen molar-refractivity contribution in [2.75, 3.05) is 0 Å². The van der Waals surface area contributed by atoms with E-state index < -0.39 is 23.4 Å². The molecule has 0 atom stereocenters. The smallest absolute Gasteiger partial charge is 0.147 e. The second-order valence-corrected chi connectivity index (χ2v) is 2.49. The molecule has 0 saturated carbocycles. The second-order valence-electron chi connectivity index (χ2n) is 2.49. The first-order chi connectivity index (χ1) is 6.06. The van der Waals surface area contributed by atoms with Gasteiger partial charge in [0, 0.05) is 5.56 Å². The topological polar surface area (TPSA) is 75.8 Å². The third kappa shape index (κ3) is 1.80. The Kier molecular flexibility index (Phi) is 2.56. The molecule has 5 heteroatoms. The van der Waals surface area contributed by atoms with Gasteiger partial charge in [0.2, 0.25) is 0 Å². The molecule has 0 bridgehead atoms. The molecular weight excluding hydrogens is 176 g/mol. The molecule has 0 amide bonds. The van der Waals surface area contributed by atoms with E-state index in [1.54, 1.807) is 0 Å². The van der Waals surface area contributed by atoms with Crippen molar-refractivity contribution in [2.24, 2.45) is 11.5 Å². The summed E-state index contributed by atoms with van der Waals surface area (Å²) in [6.07, 6.45) is -1.12. The Balaban J connectivity index is 3.38. The predicted molar refractivity (Wildman–Crippen MR) is 42.2 cm³/mol. The minimum absolute atomic E-state index is 0.198. The second kappa shape index (κ2) is 3.47. The number of benzene rings is 1. The van der Waals surface area contributed by atoms with E-state index in [4.69, 9.17) is 16.7 Å². The van der Waals surface area contributed by atoms with Crippen molar-refractivity contribution in [3.05, 3.63) is 34.9 Å². The summed E-state index contributed by atoms with van der Waals surface area (Å²) < 4.78 is 25.9. The Morgan fingerprint density at radius 3 is 2.38 bits per heavy atom. The molecule has 0 saturated heterocycles. The van der Waals surface area contributed by atoms with E-state index in [1.807, 2.05) is 0 Å². The van der Waals surface area contributed by atoms with Crippen molar-refractivity contribution < 1.29 is 8.78 Å². The summed E-state index contributed by atoms with van der Waals surface area (Å²) in [7, 11) is 0. The molecule has 68 valence electrons. The third-order valence-corrected chi connectivity index (χ3v) is 1.55. The Labute approximate surface area is 73.6 Å². The Morgan fingerprint density at radius 2 is 1.92 bits per heavy atom. The van der Waals surface area contributed by atoms with Crippen LogP contribution in [0, 0.1) is 23.0 Å². The van der Waals surface area contributed by atoms with E-state index in [9.17, 15) is 8.78 Å². The van der Waals surface area contributed by atoms with Crippen LogP contribution in [0.3, 0.4) is 0 Å². The van der Waals surface area contributed by atoms with Crippen LogP contribution < -0.4 is 11.5 Å². The molecule has 0 aromatic heterocycles. The Morgan fingerprint density at radius 1 is 1.31 bits per heavy atom. The van der Waals surface area contributed by atoms with Crippen LogP contribution in [0.1, 0.15) is 17.3 Å². The number of rotatable bonds is 1. The molecule has 0 spiro atoms. The lowest BCUT2D eigenvalue weighted by atomic mass is 10.1. The van der Waals surface area contributed by atoms with Gasteiger partial charge in [0.25, 0.3) is 0 Å². The maximum Gasteiger partial charge on any atom is 0.147 e. The van der Waals surface area contributed by atoms with Crippen LogP contribution in [0.4, 0.5) is 8.78 Å². The van der Waals surface area contributed by atoms with E-state index >= 15 is 0 Å². The van der Waals surface area contributed by atoms with E-state index in [-0.39, 0.29) is 5.56 Å². The maximum absolute atomic E-state index is 13.2. The molecule has 0 radical (unpaired) electrons. The molecule has 0 aliphatic carbocycles. The molecule has 3 nitrogen and oxygen atoms in total. The zero-order chi connectivity index (χ0) is 10.0. The van der Waals surface area contributed by atoms with Crippen LogP contribution in [0.5, 0.6) is 0 Å². The summed E-state index contributed by atoms with van der Waals surface area (Å²) in [4.78, 5) is 0. The monoisotopic (exact) mass is 183 g/mol. The summed E-state index contributed by atoms with van der Waals surface area (Å²) in [6.45, 7) is 0. The Bertz CT molecular complexity index is 368. The number of nitrogens with zero attached hydrogens (tertiary/aromatic N) is 1. The molecule has 0 heterocycles. The van der Waals surface area contributed by atoms with Gasteiger partial charge in [0.05, 0.1) is 11.7 Å². The van der Waals surface area contributed by atoms with Crippen molar-refractivity contribution in [1.82, 2.24) is 0 Å². The highest BCUT2D eigenvalue weighted by atomic mass is 19.1. The van der Waals surface area contributed by atoms with Crippen molar-refractivity contribution in [3.8, 4) is 6.07 Å². The van der Waals surface area contributed by atoms with Crippen LogP contribution >= 0.6 is 0 Å². The van der Waals surface area contributed by atoms with Gasteiger partial charge in [-0.15, -0.1) is 0 Å². The minimum atomic E-state index is -1.12. The van der Waals surface area contributed by atoms with Crippen LogP contribution in [-0.2, 0) is 0 Å². The average molecular weight is 183 g/mol. The summed E-state index contributed by atoms with van der Waals surface area (Å²) in [5.74, 6) is -1.59. The van der Waals surface area contributed by atoms with E-state index in [1.165, 1.54) is 6.07 Å². The first-order valence-corrected chi connectivity index (χ1v) is 3.46. The van der Waals surface area contributed by atoms with Gasteiger partial charge in [0.15, 0.2) is 0 Å². The highest BCUT2D eigenvalue weighted by molar-refractivity contribution is 5.36.